The summed E-state index contributed by atoms with van der Waals surface area (Å²) in [6, 6.07) is 11.7. The molecule has 0 spiro atoms. The molecule has 0 saturated carbocycles. The Kier molecular flexibility index (Phi) is 5.68. The summed E-state index contributed by atoms with van der Waals surface area (Å²) in [5, 5.41) is 4.42. The number of amides is 1. The number of rotatable bonds is 7. The molecule has 0 aliphatic rings. The Balaban J connectivity index is 1.91. The topological polar surface area (TPSA) is 67.0 Å². The van der Waals surface area contributed by atoms with Crippen molar-refractivity contribution >= 4 is 28.4 Å². The zero-order valence-corrected chi connectivity index (χ0v) is 14.7. The minimum absolute atomic E-state index is 0.0257. The molecule has 2 heterocycles. The molecule has 1 amide bonds. The number of methoxy groups -OCH3 is 1. The van der Waals surface area contributed by atoms with Crippen LogP contribution in [0.5, 0.6) is 0 Å². The summed E-state index contributed by atoms with van der Waals surface area (Å²) in [7, 11) is 1.61. The first-order chi connectivity index (χ1) is 12.2. The van der Waals surface area contributed by atoms with Gasteiger partial charge in [0.1, 0.15) is 5.15 Å². The van der Waals surface area contributed by atoms with Crippen LogP contribution in [0.25, 0.3) is 10.9 Å². The van der Waals surface area contributed by atoms with Crippen LogP contribution in [0, 0.1) is 0 Å². The van der Waals surface area contributed by atoms with E-state index in [1.54, 1.807) is 19.4 Å². The molecule has 0 unspecified atom stereocenters. The van der Waals surface area contributed by atoms with Crippen LogP contribution in [0.3, 0.4) is 0 Å². The molecule has 3 aromatic rings. The maximum absolute atomic E-state index is 12.4. The van der Waals surface area contributed by atoms with Crippen molar-refractivity contribution in [2.24, 2.45) is 0 Å². The number of carbonyl (C=O) groups is 1. The summed E-state index contributed by atoms with van der Waals surface area (Å²) in [4.78, 5) is 19.8. The first-order valence-electron chi connectivity index (χ1n) is 8.12. The number of benzene rings is 1. The third-order valence-electron chi connectivity index (χ3n) is 4.17. The number of hydrogen-bond acceptors (Lipinski definition) is 3. The van der Waals surface area contributed by atoms with Gasteiger partial charge in [-0.15, -0.1) is 0 Å². The molecule has 0 bridgehead atoms. The van der Waals surface area contributed by atoms with Crippen molar-refractivity contribution in [3.8, 4) is 0 Å². The highest BCUT2D eigenvalue weighted by atomic mass is 35.5. The predicted molar refractivity (Wildman–Crippen MR) is 98.9 cm³/mol. The van der Waals surface area contributed by atoms with Crippen LogP contribution < -0.4 is 5.32 Å². The van der Waals surface area contributed by atoms with E-state index in [2.05, 4.69) is 21.4 Å². The van der Waals surface area contributed by atoms with Crippen LogP contribution in [-0.2, 0) is 9.53 Å². The number of nitrogens with zero attached hydrogens (tertiary/aromatic N) is 1. The number of fused-ring (bicyclic) bond motifs is 1. The highest BCUT2D eigenvalue weighted by Gasteiger charge is 2.21. The molecule has 2 aromatic heterocycles. The lowest BCUT2D eigenvalue weighted by atomic mass is 9.89. The summed E-state index contributed by atoms with van der Waals surface area (Å²) in [6.45, 7) is 0.987. The molecular weight excluding hydrogens is 338 g/mol. The Labute approximate surface area is 151 Å². The van der Waals surface area contributed by atoms with Crippen LogP contribution in [-0.4, -0.2) is 36.1 Å². The summed E-state index contributed by atoms with van der Waals surface area (Å²) >= 11 is 5.92. The predicted octanol–water partition coefficient (Wildman–Crippen LogP) is 3.50. The summed E-state index contributed by atoms with van der Waals surface area (Å²) in [6.07, 6.45) is 4.03. The number of carbonyl (C=O) groups excluding carboxylic acids is 1. The third-order valence-corrected chi connectivity index (χ3v) is 4.39. The second kappa shape index (κ2) is 8.14. The number of ether oxygens (including phenoxy) is 1. The van der Waals surface area contributed by atoms with Crippen LogP contribution in [0.1, 0.15) is 23.5 Å². The molecule has 0 saturated heterocycles. The van der Waals surface area contributed by atoms with E-state index in [0.717, 1.165) is 22.0 Å². The van der Waals surface area contributed by atoms with Crippen LogP contribution >= 0.6 is 11.6 Å². The van der Waals surface area contributed by atoms with Gasteiger partial charge in [-0.2, -0.15) is 0 Å². The van der Waals surface area contributed by atoms with E-state index < -0.39 is 0 Å². The van der Waals surface area contributed by atoms with E-state index in [4.69, 9.17) is 16.3 Å². The molecule has 130 valence electrons. The van der Waals surface area contributed by atoms with Crippen molar-refractivity contribution < 1.29 is 9.53 Å². The maximum atomic E-state index is 12.4. The summed E-state index contributed by atoms with van der Waals surface area (Å²) in [5.41, 5.74) is 3.07. The molecule has 0 radical (unpaired) electrons. The standard InChI is InChI=1S/C19H20ClN3O2/c1-25-9-8-21-19(24)10-15(13-6-7-18(20)23-11-13)16-12-22-17-5-3-2-4-14(16)17/h2-7,11-12,15,22H,8-10H2,1H3,(H,21,24)/t15-/m1/s1. The number of nitrogens with one attached hydrogen (secondary N) is 2. The van der Waals surface area contributed by atoms with E-state index in [9.17, 15) is 4.79 Å². The van der Waals surface area contributed by atoms with Crippen molar-refractivity contribution in [2.75, 3.05) is 20.3 Å². The van der Waals surface area contributed by atoms with Gasteiger partial charge in [0, 0.05) is 49.3 Å². The van der Waals surface area contributed by atoms with Gasteiger partial charge < -0.3 is 15.0 Å². The van der Waals surface area contributed by atoms with Crippen molar-refractivity contribution in [2.45, 2.75) is 12.3 Å². The summed E-state index contributed by atoms with van der Waals surface area (Å²) in [5.74, 6) is -0.134. The number of halogens is 1. The lowest BCUT2D eigenvalue weighted by Gasteiger charge is -2.17. The number of para-hydroxylation sites is 1. The summed E-state index contributed by atoms with van der Waals surface area (Å²) < 4.78 is 4.98. The molecule has 2 N–H and O–H groups in total. The van der Waals surface area contributed by atoms with Gasteiger partial charge in [-0.05, 0) is 23.3 Å². The monoisotopic (exact) mass is 357 g/mol. The lowest BCUT2D eigenvalue weighted by Crippen LogP contribution is -2.28. The molecule has 3 rings (SSSR count). The molecule has 0 aliphatic heterocycles. The zero-order valence-electron chi connectivity index (χ0n) is 14.0. The quantitative estimate of drug-likeness (QED) is 0.502. The second-order valence-corrected chi connectivity index (χ2v) is 6.19. The van der Waals surface area contributed by atoms with Gasteiger partial charge in [0.15, 0.2) is 0 Å². The first-order valence-corrected chi connectivity index (χ1v) is 8.50. The fourth-order valence-corrected chi connectivity index (χ4v) is 3.04. The number of aromatic amines is 1. The average Bonchev–Trinajstić information content (AvgIpc) is 3.05. The van der Waals surface area contributed by atoms with E-state index in [-0.39, 0.29) is 11.8 Å². The van der Waals surface area contributed by atoms with Gasteiger partial charge in [-0.1, -0.05) is 35.9 Å². The van der Waals surface area contributed by atoms with Crippen LogP contribution in [0.15, 0.2) is 48.8 Å². The average molecular weight is 358 g/mol. The van der Waals surface area contributed by atoms with E-state index in [1.165, 1.54) is 0 Å². The van der Waals surface area contributed by atoms with Crippen molar-refractivity contribution in [1.82, 2.24) is 15.3 Å². The third kappa shape index (κ3) is 4.18. The number of H-pyrrole nitrogens is 1. The van der Waals surface area contributed by atoms with Gasteiger partial charge in [-0.25, -0.2) is 4.98 Å². The Morgan fingerprint density at radius 1 is 1.32 bits per heavy atom. The molecule has 1 atom stereocenters. The van der Waals surface area contributed by atoms with Crippen molar-refractivity contribution in [3.05, 3.63) is 65.1 Å². The molecule has 5 nitrogen and oxygen atoms in total. The fraction of sp³-hybridized carbons (Fsp3) is 0.263. The van der Waals surface area contributed by atoms with Gasteiger partial charge in [0.05, 0.1) is 6.61 Å². The van der Waals surface area contributed by atoms with Gasteiger partial charge in [0.25, 0.3) is 0 Å². The maximum Gasteiger partial charge on any atom is 0.221 e. The number of pyridine rings is 1. The minimum atomic E-state index is -0.108. The second-order valence-electron chi connectivity index (χ2n) is 5.80. The molecular formula is C19H20ClN3O2. The molecule has 0 aliphatic carbocycles. The normalized spacial score (nSPS) is 12.2. The van der Waals surface area contributed by atoms with Gasteiger partial charge in [0.2, 0.25) is 5.91 Å². The molecule has 25 heavy (non-hydrogen) atoms. The molecule has 1 aromatic carbocycles. The highest BCUT2D eigenvalue weighted by molar-refractivity contribution is 6.29. The van der Waals surface area contributed by atoms with Crippen molar-refractivity contribution in [3.63, 3.8) is 0 Å². The van der Waals surface area contributed by atoms with Crippen molar-refractivity contribution in [1.29, 1.82) is 0 Å². The van der Waals surface area contributed by atoms with Gasteiger partial charge in [-0.3, -0.25) is 4.79 Å². The SMILES string of the molecule is COCCNC(=O)C[C@H](c1ccc(Cl)nc1)c1c[nH]c2ccccc12. The zero-order chi connectivity index (χ0) is 17.6. The van der Waals surface area contributed by atoms with Crippen LogP contribution in [0.4, 0.5) is 0 Å². The lowest BCUT2D eigenvalue weighted by molar-refractivity contribution is -0.121. The fourth-order valence-electron chi connectivity index (χ4n) is 2.93. The highest BCUT2D eigenvalue weighted by Crippen LogP contribution is 2.33. The van der Waals surface area contributed by atoms with Gasteiger partial charge >= 0.3 is 0 Å². The van der Waals surface area contributed by atoms with E-state index in [0.29, 0.717) is 24.7 Å². The number of aromatic nitrogens is 2. The largest absolute Gasteiger partial charge is 0.383 e. The Bertz CT molecular complexity index is 845. The first kappa shape index (κ1) is 17.5. The van der Waals surface area contributed by atoms with E-state index in [1.807, 2.05) is 30.5 Å². The van der Waals surface area contributed by atoms with E-state index >= 15 is 0 Å². The smallest absolute Gasteiger partial charge is 0.221 e. The Morgan fingerprint density at radius 3 is 2.92 bits per heavy atom. The Morgan fingerprint density at radius 2 is 2.16 bits per heavy atom. The molecule has 0 fully saturated rings. The Hall–Kier alpha value is -2.37. The number of hydrogen-bond donors (Lipinski definition) is 2. The minimum Gasteiger partial charge on any atom is -0.383 e. The molecule has 6 heteroatoms. The van der Waals surface area contributed by atoms with Crippen LogP contribution in [0.2, 0.25) is 5.15 Å².